The Labute approximate surface area is 112 Å². The highest BCUT2D eigenvalue weighted by molar-refractivity contribution is 5.83. The van der Waals surface area contributed by atoms with Crippen LogP contribution in [0.25, 0.3) is 0 Å². The third-order valence-electron chi connectivity index (χ3n) is 4.41. The van der Waals surface area contributed by atoms with Crippen LogP contribution in [0.1, 0.15) is 53.4 Å². The van der Waals surface area contributed by atoms with E-state index in [4.69, 9.17) is 0 Å². The molecule has 0 saturated carbocycles. The van der Waals surface area contributed by atoms with Gasteiger partial charge in [0.1, 0.15) is 0 Å². The maximum atomic E-state index is 12.5. The molecular formula is C15H30N2O. The van der Waals surface area contributed by atoms with Crippen molar-refractivity contribution in [2.24, 2.45) is 17.3 Å². The van der Waals surface area contributed by atoms with Crippen molar-refractivity contribution in [3.8, 4) is 0 Å². The van der Waals surface area contributed by atoms with Crippen LogP contribution in [0.4, 0.5) is 0 Å². The van der Waals surface area contributed by atoms with Gasteiger partial charge in [-0.3, -0.25) is 4.79 Å². The molecule has 1 aliphatic heterocycles. The number of carbonyl (C=O) groups excluding carboxylic acids is 1. The van der Waals surface area contributed by atoms with E-state index in [2.05, 4.69) is 38.3 Å². The smallest absolute Gasteiger partial charge is 0.227 e. The number of carbonyl (C=O) groups is 1. The lowest BCUT2D eigenvalue weighted by atomic mass is 9.76. The minimum Gasteiger partial charge on any atom is -0.355 e. The van der Waals surface area contributed by atoms with E-state index in [1.165, 1.54) is 0 Å². The summed E-state index contributed by atoms with van der Waals surface area (Å²) >= 11 is 0. The van der Waals surface area contributed by atoms with Gasteiger partial charge >= 0.3 is 0 Å². The van der Waals surface area contributed by atoms with E-state index in [0.29, 0.717) is 11.8 Å². The monoisotopic (exact) mass is 254 g/mol. The fourth-order valence-corrected chi connectivity index (χ4v) is 2.64. The zero-order valence-corrected chi connectivity index (χ0v) is 12.5. The first kappa shape index (κ1) is 15.5. The summed E-state index contributed by atoms with van der Waals surface area (Å²) in [4.78, 5) is 12.5. The fraction of sp³-hybridized carbons (Fsp3) is 0.933. The standard InChI is InChI=1S/C15H30N2O/c1-5-7-15(8-6-9-16-11-15)14(18)17-10-13(4)12(2)3/h12-13,16H,5-11H2,1-4H3,(H,17,18). The Morgan fingerprint density at radius 2 is 2.11 bits per heavy atom. The zero-order chi connectivity index (χ0) is 13.6. The maximum Gasteiger partial charge on any atom is 0.227 e. The van der Waals surface area contributed by atoms with Crippen molar-refractivity contribution in [3.63, 3.8) is 0 Å². The number of rotatable bonds is 6. The molecular weight excluding hydrogens is 224 g/mol. The molecule has 106 valence electrons. The molecule has 0 aliphatic carbocycles. The van der Waals surface area contributed by atoms with Crippen molar-refractivity contribution in [2.75, 3.05) is 19.6 Å². The summed E-state index contributed by atoms with van der Waals surface area (Å²) < 4.78 is 0. The van der Waals surface area contributed by atoms with E-state index in [-0.39, 0.29) is 11.3 Å². The fourth-order valence-electron chi connectivity index (χ4n) is 2.64. The summed E-state index contributed by atoms with van der Waals surface area (Å²) in [7, 11) is 0. The Kier molecular flexibility index (Phi) is 6.13. The Balaban J connectivity index is 2.54. The summed E-state index contributed by atoms with van der Waals surface area (Å²) in [5, 5.41) is 6.57. The van der Waals surface area contributed by atoms with E-state index < -0.39 is 0 Å². The zero-order valence-electron chi connectivity index (χ0n) is 12.5. The quantitative estimate of drug-likeness (QED) is 0.765. The molecule has 2 unspecified atom stereocenters. The van der Waals surface area contributed by atoms with Crippen molar-refractivity contribution in [1.29, 1.82) is 0 Å². The van der Waals surface area contributed by atoms with E-state index in [0.717, 1.165) is 45.3 Å². The number of hydrogen-bond donors (Lipinski definition) is 2. The van der Waals surface area contributed by atoms with E-state index in [1.54, 1.807) is 0 Å². The van der Waals surface area contributed by atoms with Crippen LogP contribution < -0.4 is 10.6 Å². The van der Waals surface area contributed by atoms with Crippen LogP contribution in [0.15, 0.2) is 0 Å². The van der Waals surface area contributed by atoms with Crippen molar-refractivity contribution >= 4 is 5.91 Å². The van der Waals surface area contributed by atoms with E-state index in [1.807, 2.05) is 0 Å². The van der Waals surface area contributed by atoms with Crippen LogP contribution in [-0.2, 0) is 4.79 Å². The van der Waals surface area contributed by atoms with E-state index >= 15 is 0 Å². The molecule has 3 heteroatoms. The highest BCUT2D eigenvalue weighted by atomic mass is 16.2. The Bertz CT molecular complexity index is 252. The van der Waals surface area contributed by atoms with Gasteiger partial charge in [-0.05, 0) is 37.6 Å². The minimum absolute atomic E-state index is 0.149. The minimum atomic E-state index is -0.149. The van der Waals surface area contributed by atoms with Crippen LogP contribution in [-0.4, -0.2) is 25.5 Å². The van der Waals surface area contributed by atoms with Gasteiger partial charge in [0.05, 0.1) is 5.41 Å². The van der Waals surface area contributed by atoms with E-state index in [9.17, 15) is 4.79 Å². The average Bonchev–Trinajstić information content (AvgIpc) is 2.36. The predicted molar refractivity (Wildman–Crippen MR) is 76.5 cm³/mol. The molecule has 2 atom stereocenters. The molecule has 0 radical (unpaired) electrons. The van der Waals surface area contributed by atoms with Gasteiger partial charge in [0, 0.05) is 13.1 Å². The SMILES string of the molecule is CCCC1(C(=O)NCC(C)C(C)C)CCCNC1. The molecule has 18 heavy (non-hydrogen) atoms. The molecule has 1 aliphatic rings. The summed E-state index contributed by atoms with van der Waals surface area (Å²) in [6.07, 6.45) is 4.24. The molecule has 0 aromatic heterocycles. The van der Waals surface area contributed by atoms with Crippen LogP contribution in [0.3, 0.4) is 0 Å². The second-order valence-corrected chi connectivity index (χ2v) is 6.24. The summed E-state index contributed by atoms with van der Waals surface area (Å²) in [6, 6.07) is 0. The normalized spacial score (nSPS) is 26.1. The molecule has 0 aromatic rings. The van der Waals surface area contributed by atoms with Gasteiger partial charge in [0.15, 0.2) is 0 Å². The second-order valence-electron chi connectivity index (χ2n) is 6.24. The van der Waals surface area contributed by atoms with Crippen LogP contribution in [0.2, 0.25) is 0 Å². The number of hydrogen-bond acceptors (Lipinski definition) is 2. The summed E-state index contributed by atoms with van der Waals surface area (Å²) in [5.41, 5.74) is -0.149. The molecule has 1 rings (SSSR count). The first-order valence-corrected chi connectivity index (χ1v) is 7.51. The van der Waals surface area contributed by atoms with Crippen LogP contribution in [0.5, 0.6) is 0 Å². The van der Waals surface area contributed by atoms with Gasteiger partial charge in [-0.2, -0.15) is 0 Å². The lowest BCUT2D eigenvalue weighted by molar-refractivity contribution is -0.132. The Hall–Kier alpha value is -0.570. The number of piperidine rings is 1. The molecule has 1 heterocycles. The van der Waals surface area contributed by atoms with Gasteiger partial charge in [-0.15, -0.1) is 0 Å². The maximum absolute atomic E-state index is 12.5. The molecule has 3 nitrogen and oxygen atoms in total. The predicted octanol–water partition coefficient (Wildman–Crippen LogP) is 2.56. The molecule has 0 spiro atoms. The molecule has 1 saturated heterocycles. The number of amides is 1. The highest BCUT2D eigenvalue weighted by Gasteiger charge is 2.38. The van der Waals surface area contributed by atoms with Gasteiger partial charge in [0.2, 0.25) is 5.91 Å². The van der Waals surface area contributed by atoms with Crippen molar-refractivity contribution in [3.05, 3.63) is 0 Å². The van der Waals surface area contributed by atoms with Crippen molar-refractivity contribution < 1.29 is 4.79 Å². The average molecular weight is 254 g/mol. The topological polar surface area (TPSA) is 41.1 Å². The molecule has 2 N–H and O–H groups in total. The van der Waals surface area contributed by atoms with Crippen molar-refractivity contribution in [2.45, 2.75) is 53.4 Å². The lowest BCUT2D eigenvalue weighted by Crippen LogP contribution is -2.51. The third kappa shape index (κ3) is 3.98. The first-order chi connectivity index (χ1) is 8.52. The first-order valence-electron chi connectivity index (χ1n) is 7.51. The molecule has 1 amide bonds. The highest BCUT2D eigenvalue weighted by Crippen LogP contribution is 2.31. The van der Waals surface area contributed by atoms with Crippen LogP contribution in [0, 0.1) is 17.3 Å². The third-order valence-corrected chi connectivity index (χ3v) is 4.41. The number of nitrogens with one attached hydrogen (secondary N) is 2. The largest absolute Gasteiger partial charge is 0.355 e. The van der Waals surface area contributed by atoms with Gasteiger partial charge in [-0.1, -0.05) is 34.1 Å². The van der Waals surface area contributed by atoms with Gasteiger partial charge in [-0.25, -0.2) is 0 Å². The lowest BCUT2D eigenvalue weighted by Gasteiger charge is -2.36. The summed E-state index contributed by atoms with van der Waals surface area (Å²) in [6.45, 7) is 11.5. The molecule has 0 aromatic carbocycles. The van der Waals surface area contributed by atoms with Crippen LogP contribution >= 0.6 is 0 Å². The molecule has 1 fully saturated rings. The Morgan fingerprint density at radius 3 is 2.61 bits per heavy atom. The Morgan fingerprint density at radius 1 is 1.39 bits per heavy atom. The van der Waals surface area contributed by atoms with Crippen molar-refractivity contribution in [1.82, 2.24) is 10.6 Å². The summed E-state index contributed by atoms with van der Waals surface area (Å²) in [5.74, 6) is 1.44. The van der Waals surface area contributed by atoms with Gasteiger partial charge in [0.25, 0.3) is 0 Å². The molecule has 0 bridgehead atoms. The second kappa shape index (κ2) is 7.13. The van der Waals surface area contributed by atoms with Gasteiger partial charge < -0.3 is 10.6 Å².